The van der Waals surface area contributed by atoms with Gasteiger partial charge in [0.15, 0.2) is 0 Å². The fourth-order valence-corrected chi connectivity index (χ4v) is 0.980. The Kier molecular flexibility index (Phi) is 2.24. The van der Waals surface area contributed by atoms with E-state index in [4.69, 9.17) is 5.53 Å². The molecule has 0 spiro atoms. The van der Waals surface area contributed by atoms with Gasteiger partial charge in [-0.2, -0.15) is 5.11 Å². The van der Waals surface area contributed by atoms with Gasteiger partial charge in [0.1, 0.15) is 5.69 Å². The quantitative estimate of drug-likeness (QED) is 0.515. The Hall–Kier alpha value is -1.22. The van der Waals surface area contributed by atoms with Crippen molar-refractivity contribution in [1.29, 1.82) is 5.53 Å². The highest BCUT2D eigenvalue weighted by molar-refractivity contribution is 5.51. The molecular weight excluding hydrogens is 150 g/mol. The van der Waals surface area contributed by atoms with Gasteiger partial charge in [-0.25, -0.2) is 5.53 Å². The van der Waals surface area contributed by atoms with Crippen LogP contribution in [0, 0.1) is 5.53 Å². The maximum Gasteiger partial charge on any atom is 0.134 e. The van der Waals surface area contributed by atoms with Crippen molar-refractivity contribution >= 4 is 11.4 Å². The van der Waals surface area contributed by atoms with E-state index in [-0.39, 0.29) is 0 Å². The molecule has 3 nitrogen and oxygen atoms in total. The van der Waals surface area contributed by atoms with Crippen LogP contribution in [0.4, 0.5) is 11.4 Å². The summed E-state index contributed by atoms with van der Waals surface area (Å²) in [6, 6.07) is 7.71. The van der Waals surface area contributed by atoms with Gasteiger partial charge in [-0.1, -0.05) is 6.07 Å². The van der Waals surface area contributed by atoms with Crippen molar-refractivity contribution in [2.75, 3.05) is 21.1 Å². The highest BCUT2D eigenvalue weighted by Gasteiger charge is 2.11. The predicted octanol–water partition coefficient (Wildman–Crippen LogP) is 2.55. The summed E-state index contributed by atoms with van der Waals surface area (Å²) in [4.78, 5) is 0. The standard InChI is InChI=1S/C9H14N3/c1-12(2,3)9-6-4-5-8(7-9)11-10/h4-7,10H,1-3H3/q+1. The molecule has 0 aliphatic carbocycles. The van der Waals surface area contributed by atoms with E-state index in [0.29, 0.717) is 5.69 Å². The van der Waals surface area contributed by atoms with Gasteiger partial charge in [-0.05, 0) is 12.1 Å². The van der Waals surface area contributed by atoms with Crippen LogP contribution in [0.3, 0.4) is 0 Å². The van der Waals surface area contributed by atoms with Crippen molar-refractivity contribution in [3.63, 3.8) is 0 Å². The van der Waals surface area contributed by atoms with E-state index in [0.717, 1.165) is 10.2 Å². The molecule has 0 atom stereocenters. The van der Waals surface area contributed by atoms with Crippen LogP contribution < -0.4 is 4.48 Å². The van der Waals surface area contributed by atoms with Gasteiger partial charge in [0.25, 0.3) is 0 Å². The van der Waals surface area contributed by atoms with Crippen molar-refractivity contribution in [3.8, 4) is 0 Å². The van der Waals surface area contributed by atoms with Crippen LogP contribution in [0.2, 0.25) is 0 Å². The Bertz CT molecular complexity index is 286. The van der Waals surface area contributed by atoms with E-state index in [9.17, 15) is 0 Å². The van der Waals surface area contributed by atoms with E-state index in [1.54, 1.807) is 0 Å². The van der Waals surface area contributed by atoms with Crippen molar-refractivity contribution in [2.24, 2.45) is 5.11 Å². The summed E-state index contributed by atoms with van der Waals surface area (Å²) in [6.45, 7) is 0. The Morgan fingerprint density at radius 2 is 1.92 bits per heavy atom. The van der Waals surface area contributed by atoms with Crippen molar-refractivity contribution in [1.82, 2.24) is 4.48 Å². The van der Waals surface area contributed by atoms with Crippen LogP contribution >= 0.6 is 0 Å². The average Bonchev–Trinajstić information content (AvgIpc) is 2.03. The molecule has 1 rings (SSSR count). The molecule has 1 N–H and O–H groups in total. The van der Waals surface area contributed by atoms with E-state index in [2.05, 4.69) is 26.3 Å². The van der Waals surface area contributed by atoms with Crippen LogP contribution in [-0.2, 0) is 0 Å². The number of quaternary nitrogens is 1. The first-order valence-corrected chi connectivity index (χ1v) is 3.83. The van der Waals surface area contributed by atoms with E-state index < -0.39 is 0 Å². The van der Waals surface area contributed by atoms with Gasteiger partial charge in [0.05, 0.1) is 26.8 Å². The Morgan fingerprint density at radius 1 is 1.25 bits per heavy atom. The Morgan fingerprint density at radius 3 is 2.42 bits per heavy atom. The first-order valence-electron chi connectivity index (χ1n) is 3.83. The molecule has 0 fully saturated rings. The third-order valence-corrected chi connectivity index (χ3v) is 1.73. The third-order valence-electron chi connectivity index (χ3n) is 1.73. The van der Waals surface area contributed by atoms with Gasteiger partial charge >= 0.3 is 0 Å². The molecule has 0 aliphatic rings. The number of rotatable bonds is 2. The van der Waals surface area contributed by atoms with Crippen LogP contribution in [0.25, 0.3) is 0 Å². The van der Waals surface area contributed by atoms with E-state index in [1.165, 1.54) is 0 Å². The van der Waals surface area contributed by atoms with Gasteiger partial charge in [0, 0.05) is 6.07 Å². The summed E-state index contributed by atoms with van der Waals surface area (Å²) in [5.74, 6) is 0. The molecule has 0 aromatic heterocycles. The fraction of sp³-hybridized carbons (Fsp3) is 0.333. The van der Waals surface area contributed by atoms with Crippen molar-refractivity contribution in [2.45, 2.75) is 0 Å². The molecule has 12 heavy (non-hydrogen) atoms. The minimum absolute atomic E-state index is 0.709. The lowest BCUT2D eigenvalue weighted by Gasteiger charge is -2.23. The minimum atomic E-state index is 0.709. The zero-order valence-electron chi connectivity index (χ0n) is 7.70. The van der Waals surface area contributed by atoms with Gasteiger partial charge in [-0.15, -0.1) is 0 Å². The monoisotopic (exact) mass is 164 g/mol. The largest absolute Gasteiger partial charge is 0.298 e. The zero-order valence-corrected chi connectivity index (χ0v) is 7.70. The molecule has 0 radical (unpaired) electrons. The molecular formula is C9H14N3+. The fourth-order valence-electron chi connectivity index (χ4n) is 0.980. The second-order valence-corrected chi connectivity index (χ2v) is 3.64. The summed E-state index contributed by atoms with van der Waals surface area (Å²) < 4.78 is 0.753. The lowest BCUT2D eigenvalue weighted by molar-refractivity contribution is 0.486. The zero-order chi connectivity index (χ0) is 9.19. The number of nitrogens with zero attached hydrogens (tertiary/aromatic N) is 2. The molecule has 3 heteroatoms. The highest BCUT2D eigenvalue weighted by atomic mass is 15.3. The topological polar surface area (TPSA) is 36.2 Å². The van der Waals surface area contributed by atoms with Crippen molar-refractivity contribution in [3.05, 3.63) is 24.3 Å². The maximum atomic E-state index is 6.86. The molecule has 0 unspecified atom stereocenters. The van der Waals surface area contributed by atoms with Gasteiger partial charge in [0.2, 0.25) is 0 Å². The van der Waals surface area contributed by atoms with E-state index in [1.807, 2.05) is 24.3 Å². The molecule has 0 amide bonds. The molecule has 64 valence electrons. The molecule has 0 saturated heterocycles. The Balaban J connectivity index is 3.10. The SMILES string of the molecule is C[N+](C)(C)c1cccc(N=N)c1. The summed E-state index contributed by atoms with van der Waals surface area (Å²) in [6.07, 6.45) is 0. The van der Waals surface area contributed by atoms with E-state index >= 15 is 0 Å². The molecule has 0 saturated carbocycles. The van der Waals surface area contributed by atoms with Gasteiger partial charge in [-0.3, -0.25) is 4.48 Å². The Labute approximate surface area is 72.7 Å². The minimum Gasteiger partial charge on any atom is -0.298 e. The smallest absolute Gasteiger partial charge is 0.134 e. The summed E-state index contributed by atoms with van der Waals surface area (Å²) in [5.41, 5.74) is 8.73. The molecule has 0 bridgehead atoms. The van der Waals surface area contributed by atoms with Crippen LogP contribution in [-0.4, -0.2) is 21.1 Å². The second-order valence-electron chi connectivity index (χ2n) is 3.64. The maximum absolute atomic E-state index is 6.86. The molecule has 1 aromatic rings. The normalized spacial score (nSPS) is 11.2. The first-order chi connectivity index (χ1) is 5.54. The first kappa shape index (κ1) is 8.87. The lowest BCUT2D eigenvalue weighted by atomic mass is 10.2. The number of nitrogens with one attached hydrogen (secondary N) is 1. The lowest BCUT2D eigenvalue weighted by Crippen LogP contribution is -2.34. The molecule has 1 aromatic carbocycles. The van der Waals surface area contributed by atoms with Crippen molar-refractivity contribution < 1.29 is 0 Å². The number of hydrogen-bond acceptors (Lipinski definition) is 2. The average molecular weight is 164 g/mol. The second kappa shape index (κ2) is 3.03. The van der Waals surface area contributed by atoms with Crippen LogP contribution in [0.1, 0.15) is 0 Å². The summed E-state index contributed by atoms with van der Waals surface area (Å²) in [5, 5.41) is 3.38. The number of benzene rings is 1. The van der Waals surface area contributed by atoms with Crippen LogP contribution in [0.5, 0.6) is 0 Å². The number of hydrogen-bond donors (Lipinski definition) is 1. The highest BCUT2D eigenvalue weighted by Crippen LogP contribution is 2.22. The predicted molar refractivity (Wildman–Crippen MR) is 50.8 cm³/mol. The van der Waals surface area contributed by atoms with Gasteiger partial charge < -0.3 is 0 Å². The molecule has 0 aliphatic heterocycles. The summed E-state index contributed by atoms with van der Waals surface area (Å²) in [7, 11) is 6.26. The third kappa shape index (κ3) is 1.89. The summed E-state index contributed by atoms with van der Waals surface area (Å²) >= 11 is 0. The molecule has 0 heterocycles. The van der Waals surface area contributed by atoms with Crippen LogP contribution in [0.15, 0.2) is 29.4 Å².